The van der Waals surface area contributed by atoms with Crippen molar-refractivity contribution < 1.29 is 4.79 Å². The first-order valence-electron chi connectivity index (χ1n) is 11.4. The Morgan fingerprint density at radius 2 is 1.33 bits per heavy atom. The average Bonchev–Trinajstić information content (AvgIpc) is 2.81. The molecular weight excluding hydrogens is 426 g/mol. The van der Waals surface area contributed by atoms with Gasteiger partial charge in [-0.15, -0.1) is 11.8 Å². The van der Waals surface area contributed by atoms with E-state index in [4.69, 9.17) is 0 Å². The van der Waals surface area contributed by atoms with E-state index in [1.54, 1.807) is 11.8 Å². The van der Waals surface area contributed by atoms with Crippen LogP contribution in [-0.4, -0.2) is 39.9 Å². The van der Waals surface area contributed by atoms with Crippen molar-refractivity contribution in [2.45, 2.75) is 30.6 Å². The van der Waals surface area contributed by atoms with Crippen LogP contribution in [-0.2, 0) is 4.79 Å². The number of rotatable bonds is 10. The second kappa shape index (κ2) is 11.8. The average molecular weight is 462 g/mol. The summed E-state index contributed by atoms with van der Waals surface area (Å²) < 4.78 is 0. The van der Waals surface area contributed by atoms with Gasteiger partial charge in [-0.1, -0.05) is 43.3 Å². The number of carbonyl (C=O) groups is 1. The molecule has 0 aromatic heterocycles. The Morgan fingerprint density at radius 3 is 1.82 bits per heavy atom. The van der Waals surface area contributed by atoms with Gasteiger partial charge >= 0.3 is 0 Å². The molecule has 0 spiro atoms. The number of carbonyl (C=O) groups excluding carboxylic acids is 1. The molecule has 1 N–H and O–H groups in total. The van der Waals surface area contributed by atoms with Gasteiger partial charge in [0.05, 0.1) is 5.69 Å². The smallest absolute Gasteiger partial charge is 0.224 e. The molecular formula is C28H35N3OS. The summed E-state index contributed by atoms with van der Waals surface area (Å²) in [6, 6.07) is 25.4. The number of amides is 1. The fraction of sp³-hybridized carbons (Fsp3) is 0.321. The molecule has 0 aliphatic carbocycles. The molecule has 0 aliphatic heterocycles. The second-order valence-electron chi connectivity index (χ2n) is 8.54. The molecule has 4 nitrogen and oxygen atoms in total. The fourth-order valence-electron chi connectivity index (χ4n) is 3.87. The highest BCUT2D eigenvalue weighted by Gasteiger charge is 2.17. The highest BCUT2D eigenvalue weighted by Crippen LogP contribution is 2.32. The van der Waals surface area contributed by atoms with Crippen molar-refractivity contribution in [1.82, 2.24) is 0 Å². The van der Waals surface area contributed by atoms with Crippen LogP contribution >= 0.6 is 11.8 Å². The molecule has 0 fully saturated rings. The van der Waals surface area contributed by atoms with Gasteiger partial charge < -0.3 is 15.1 Å². The van der Waals surface area contributed by atoms with E-state index < -0.39 is 0 Å². The van der Waals surface area contributed by atoms with E-state index in [0.29, 0.717) is 6.42 Å². The summed E-state index contributed by atoms with van der Waals surface area (Å²) >= 11 is 1.75. The number of para-hydroxylation sites is 1. The Hall–Kier alpha value is -2.92. The molecule has 33 heavy (non-hydrogen) atoms. The summed E-state index contributed by atoms with van der Waals surface area (Å²) in [6.07, 6.45) is 1.21. The van der Waals surface area contributed by atoms with Crippen LogP contribution in [0.4, 0.5) is 17.1 Å². The van der Waals surface area contributed by atoms with Crippen LogP contribution in [0.2, 0.25) is 0 Å². The lowest BCUT2D eigenvalue weighted by Gasteiger charge is -2.21. The summed E-state index contributed by atoms with van der Waals surface area (Å²) in [5.41, 5.74) is 5.70. The second-order valence-corrected chi connectivity index (χ2v) is 9.85. The molecule has 0 saturated carbocycles. The molecule has 0 heterocycles. The quantitative estimate of drug-likeness (QED) is 0.351. The van der Waals surface area contributed by atoms with Gasteiger partial charge in [0.2, 0.25) is 5.91 Å². The molecule has 0 radical (unpaired) electrons. The molecule has 0 aliphatic rings. The van der Waals surface area contributed by atoms with Crippen molar-refractivity contribution in [2.24, 2.45) is 0 Å². The predicted octanol–water partition coefficient (Wildman–Crippen LogP) is 6.48. The molecule has 5 heteroatoms. The topological polar surface area (TPSA) is 35.6 Å². The number of hydrogen-bond acceptors (Lipinski definition) is 4. The first-order valence-corrected chi connectivity index (χ1v) is 12.4. The summed E-state index contributed by atoms with van der Waals surface area (Å²) in [7, 11) is 8.19. The highest BCUT2D eigenvalue weighted by atomic mass is 32.2. The molecule has 3 rings (SSSR count). The molecule has 0 bridgehead atoms. The lowest BCUT2D eigenvalue weighted by atomic mass is 9.87. The summed E-state index contributed by atoms with van der Waals surface area (Å²) in [5, 5.41) is 3.13. The van der Waals surface area contributed by atoms with E-state index in [9.17, 15) is 4.79 Å². The van der Waals surface area contributed by atoms with Crippen LogP contribution in [0.15, 0.2) is 77.7 Å². The normalized spacial score (nSPS) is 10.8. The van der Waals surface area contributed by atoms with E-state index in [2.05, 4.69) is 76.6 Å². The van der Waals surface area contributed by atoms with Gasteiger partial charge in [-0.2, -0.15) is 0 Å². The Labute approximate surface area is 203 Å². The molecule has 3 aromatic rings. The van der Waals surface area contributed by atoms with Gasteiger partial charge in [-0.3, -0.25) is 4.79 Å². The molecule has 1 amide bonds. The van der Waals surface area contributed by atoms with Crippen molar-refractivity contribution >= 4 is 34.7 Å². The van der Waals surface area contributed by atoms with Crippen molar-refractivity contribution in [2.75, 3.05) is 49.1 Å². The monoisotopic (exact) mass is 461 g/mol. The van der Waals surface area contributed by atoms with Crippen molar-refractivity contribution in [1.29, 1.82) is 0 Å². The zero-order chi connectivity index (χ0) is 23.8. The summed E-state index contributed by atoms with van der Waals surface area (Å²) in [6.45, 7) is 2.12. The Balaban J connectivity index is 1.78. The molecule has 0 saturated heterocycles. The van der Waals surface area contributed by atoms with Crippen LogP contribution in [0, 0.1) is 0 Å². The Kier molecular flexibility index (Phi) is 8.84. The van der Waals surface area contributed by atoms with Gasteiger partial charge in [-0.25, -0.2) is 0 Å². The predicted molar refractivity (Wildman–Crippen MR) is 144 cm³/mol. The van der Waals surface area contributed by atoms with Gasteiger partial charge in [-0.05, 0) is 59.7 Å². The largest absolute Gasteiger partial charge is 0.378 e. The number of thioether (sulfide) groups is 1. The highest BCUT2D eigenvalue weighted by molar-refractivity contribution is 7.99. The SMILES string of the molecule is CCSc1ccccc1NC(=O)CCC(c1ccc(N(C)C)cc1)c1ccc(N(C)C)cc1. The number of nitrogens with one attached hydrogen (secondary N) is 1. The third kappa shape index (κ3) is 6.78. The van der Waals surface area contributed by atoms with Crippen molar-refractivity contribution in [3.05, 3.63) is 83.9 Å². The van der Waals surface area contributed by atoms with Gasteiger partial charge in [0, 0.05) is 56.8 Å². The standard InChI is InChI=1S/C28H35N3OS/c1-6-33-27-10-8-7-9-26(27)29-28(32)20-19-25(21-11-15-23(16-12-21)30(2)3)22-13-17-24(18-14-22)31(4)5/h7-18,25H,6,19-20H2,1-5H3,(H,29,32). The third-order valence-corrected chi connectivity index (χ3v) is 6.70. The minimum Gasteiger partial charge on any atom is -0.378 e. The van der Waals surface area contributed by atoms with Gasteiger partial charge in [0.15, 0.2) is 0 Å². The van der Waals surface area contributed by atoms with E-state index in [0.717, 1.165) is 22.8 Å². The summed E-state index contributed by atoms with van der Waals surface area (Å²) in [5.74, 6) is 1.18. The molecule has 0 unspecified atom stereocenters. The first kappa shape index (κ1) is 24.7. The number of nitrogens with zero attached hydrogens (tertiary/aromatic N) is 2. The number of benzene rings is 3. The van der Waals surface area contributed by atoms with Crippen LogP contribution in [0.25, 0.3) is 0 Å². The number of anilines is 3. The van der Waals surface area contributed by atoms with Gasteiger partial charge in [0.25, 0.3) is 0 Å². The van der Waals surface area contributed by atoms with E-state index in [1.807, 2.05) is 46.4 Å². The lowest BCUT2D eigenvalue weighted by molar-refractivity contribution is -0.116. The molecule has 174 valence electrons. The third-order valence-electron chi connectivity index (χ3n) is 5.74. The van der Waals surface area contributed by atoms with E-state index in [1.165, 1.54) is 22.5 Å². The molecule has 0 atom stereocenters. The maximum atomic E-state index is 12.9. The zero-order valence-electron chi connectivity index (χ0n) is 20.3. The first-order chi connectivity index (χ1) is 15.9. The van der Waals surface area contributed by atoms with Gasteiger partial charge in [0.1, 0.15) is 0 Å². The molecule has 3 aromatic carbocycles. The lowest BCUT2D eigenvalue weighted by Crippen LogP contribution is -2.14. The maximum Gasteiger partial charge on any atom is 0.224 e. The Morgan fingerprint density at radius 1 is 0.818 bits per heavy atom. The van der Waals surface area contributed by atoms with Crippen LogP contribution in [0.3, 0.4) is 0 Å². The van der Waals surface area contributed by atoms with E-state index in [-0.39, 0.29) is 11.8 Å². The maximum absolute atomic E-state index is 12.9. The van der Waals surface area contributed by atoms with Crippen LogP contribution in [0.5, 0.6) is 0 Å². The minimum atomic E-state index is 0.0546. The fourth-order valence-corrected chi connectivity index (χ4v) is 4.64. The van der Waals surface area contributed by atoms with Crippen LogP contribution in [0.1, 0.15) is 36.8 Å². The Bertz CT molecular complexity index is 978. The van der Waals surface area contributed by atoms with E-state index >= 15 is 0 Å². The number of hydrogen-bond donors (Lipinski definition) is 1. The van der Waals surface area contributed by atoms with Crippen LogP contribution < -0.4 is 15.1 Å². The summed E-state index contributed by atoms with van der Waals surface area (Å²) in [4.78, 5) is 18.2. The van der Waals surface area contributed by atoms with Crippen molar-refractivity contribution in [3.8, 4) is 0 Å². The minimum absolute atomic E-state index is 0.0546. The van der Waals surface area contributed by atoms with Crippen molar-refractivity contribution in [3.63, 3.8) is 0 Å². The zero-order valence-corrected chi connectivity index (χ0v) is 21.2.